The average molecular weight is 162 g/mol. The Kier molecular flexibility index (Phi) is 1.65. The van der Waals surface area contributed by atoms with Crippen LogP contribution < -0.4 is 0 Å². The fourth-order valence-corrected chi connectivity index (χ4v) is 1.44. The third kappa shape index (κ3) is 1.28. The molecule has 0 saturated heterocycles. The van der Waals surface area contributed by atoms with E-state index >= 15 is 0 Å². The number of hydrogen-bond acceptors (Lipinski definition) is 3. The third-order valence-corrected chi connectivity index (χ3v) is 2.12. The second-order valence-electron chi connectivity index (χ2n) is 2.11. The lowest BCUT2D eigenvalue weighted by molar-refractivity contribution is 1.10. The summed E-state index contributed by atoms with van der Waals surface area (Å²) in [7, 11) is 0. The SMILES string of the molecule is c1ccc(-c2nncs2)cc1. The average Bonchev–Trinajstić information content (AvgIpc) is 2.58. The standard InChI is InChI=1S/C8H6N2S/c1-2-4-7(5-3-1)8-10-9-6-11-8/h1-6H. The molecule has 0 bridgehead atoms. The van der Waals surface area contributed by atoms with Gasteiger partial charge < -0.3 is 0 Å². The fraction of sp³-hybridized carbons (Fsp3) is 0. The molecular formula is C8H6N2S. The molecule has 54 valence electrons. The van der Waals surface area contributed by atoms with Crippen LogP contribution in [0, 0.1) is 0 Å². The molecule has 0 unspecified atom stereocenters. The van der Waals surface area contributed by atoms with E-state index in [2.05, 4.69) is 10.2 Å². The van der Waals surface area contributed by atoms with Crippen LogP contribution in [0.5, 0.6) is 0 Å². The summed E-state index contributed by atoms with van der Waals surface area (Å²) in [6.07, 6.45) is 0. The van der Waals surface area contributed by atoms with Crippen molar-refractivity contribution in [2.24, 2.45) is 0 Å². The van der Waals surface area contributed by atoms with E-state index in [9.17, 15) is 0 Å². The Morgan fingerprint density at radius 3 is 2.55 bits per heavy atom. The number of aromatic nitrogens is 2. The highest BCUT2D eigenvalue weighted by Crippen LogP contribution is 2.18. The summed E-state index contributed by atoms with van der Waals surface area (Å²) in [5.41, 5.74) is 2.87. The van der Waals surface area contributed by atoms with Crippen LogP contribution in [0.3, 0.4) is 0 Å². The highest BCUT2D eigenvalue weighted by atomic mass is 32.1. The van der Waals surface area contributed by atoms with Gasteiger partial charge in [-0.3, -0.25) is 0 Å². The van der Waals surface area contributed by atoms with Gasteiger partial charge >= 0.3 is 0 Å². The lowest BCUT2D eigenvalue weighted by Gasteiger charge is -1.90. The monoisotopic (exact) mass is 162 g/mol. The van der Waals surface area contributed by atoms with Gasteiger partial charge in [0.1, 0.15) is 10.5 Å². The first-order chi connectivity index (χ1) is 5.47. The number of nitrogens with zero attached hydrogens (tertiary/aromatic N) is 2. The van der Waals surface area contributed by atoms with E-state index in [1.54, 1.807) is 16.8 Å². The minimum Gasteiger partial charge on any atom is -0.147 e. The van der Waals surface area contributed by atoms with Gasteiger partial charge in [0.05, 0.1) is 0 Å². The quantitative estimate of drug-likeness (QED) is 0.642. The molecule has 0 fully saturated rings. The van der Waals surface area contributed by atoms with Crippen molar-refractivity contribution >= 4 is 11.3 Å². The molecule has 2 aromatic rings. The zero-order valence-electron chi connectivity index (χ0n) is 5.77. The van der Waals surface area contributed by atoms with Crippen molar-refractivity contribution in [1.29, 1.82) is 0 Å². The molecule has 0 radical (unpaired) electrons. The summed E-state index contributed by atoms with van der Waals surface area (Å²) in [5.74, 6) is 0. The van der Waals surface area contributed by atoms with E-state index in [0.29, 0.717) is 0 Å². The molecule has 1 heterocycles. The van der Waals surface area contributed by atoms with Crippen LogP contribution in [-0.4, -0.2) is 10.2 Å². The summed E-state index contributed by atoms with van der Waals surface area (Å²) >= 11 is 1.55. The predicted molar refractivity (Wildman–Crippen MR) is 45.3 cm³/mol. The molecule has 0 aliphatic heterocycles. The molecule has 0 saturated carbocycles. The zero-order chi connectivity index (χ0) is 7.52. The Hall–Kier alpha value is -1.22. The Balaban J connectivity index is 2.46. The number of hydrogen-bond donors (Lipinski definition) is 0. The van der Waals surface area contributed by atoms with Crippen molar-refractivity contribution in [3.63, 3.8) is 0 Å². The molecule has 11 heavy (non-hydrogen) atoms. The maximum atomic E-state index is 3.96. The lowest BCUT2D eigenvalue weighted by atomic mass is 10.2. The van der Waals surface area contributed by atoms with Crippen molar-refractivity contribution in [2.45, 2.75) is 0 Å². The van der Waals surface area contributed by atoms with Gasteiger partial charge in [-0.2, -0.15) is 0 Å². The molecule has 3 heteroatoms. The molecule has 0 N–H and O–H groups in total. The summed E-state index contributed by atoms with van der Waals surface area (Å²) in [4.78, 5) is 0. The van der Waals surface area contributed by atoms with Crippen molar-refractivity contribution in [3.05, 3.63) is 35.8 Å². The molecule has 2 rings (SSSR count). The van der Waals surface area contributed by atoms with E-state index in [1.807, 2.05) is 30.3 Å². The van der Waals surface area contributed by atoms with Gasteiger partial charge in [-0.05, 0) is 0 Å². The first-order valence-electron chi connectivity index (χ1n) is 3.28. The minimum absolute atomic E-state index is 0.977. The van der Waals surface area contributed by atoms with Gasteiger partial charge in [-0.1, -0.05) is 41.7 Å². The summed E-state index contributed by atoms with van der Waals surface area (Å²) in [6, 6.07) is 10.0. The maximum Gasteiger partial charge on any atom is 0.147 e. The smallest absolute Gasteiger partial charge is 0.147 e. The van der Waals surface area contributed by atoms with Gasteiger partial charge in [-0.15, -0.1) is 10.2 Å². The molecule has 1 aromatic carbocycles. The van der Waals surface area contributed by atoms with Crippen molar-refractivity contribution in [3.8, 4) is 10.6 Å². The molecular weight excluding hydrogens is 156 g/mol. The zero-order valence-corrected chi connectivity index (χ0v) is 6.58. The fourth-order valence-electron chi connectivity index (χ4n) is 0.880. The summed E-state index contributed by atoms with van der Waals surface area (Å²) < 4.78 is 0. The highest BCUT2D eigenvalue weighted by molar-refractivity contribution is 7.12. The molecule has 0 aliphatic carbocycles. The highest BCUT2D eigenvalue weighted by Gasteiger charge is 1.97. The predicted octanol–water partition coefficient (Wildman–Crippen LogP) is 2.21. The van der Waals surface area contributed by atoms with Crippen LogP contribution >= 0.6 is 11.3 Å². The van der Waals surface area contributed by atoms with Gasteiger partial charge in [0, 0.05) is 5.56 Å². The molecule has 2 nitrogen and oxygen atoms in total. The van der Waals surface area contributed by atoms with Gasteiger partial charge in [0.15, 0.2) is 0 Å². The van der Waals surface area contributed by atoms with Crippen LogP contribution in [-0.2, 0) is 0 Å². The van der Waals surface area contributed by atoms with Crippen LogP contribution in [0.1, 0.15) is 0 Å². The molecule has 0 amide bonds. The van der Waals surface area contributed by atoms with Crippen LogP contribution in [0.4, 0.5) is 0 Å². The lowest BCUT2D eigenvalue weighted by Crippen LogP contribution is -1.73. The van der Waals surface area contributed by atoms with Crippen molar-refractivity contribution in [2.75, 3.05) is 0 Å². The van der Waals surface area contributed by atoms with Crippen LogP contribution in [0.25, 0.3) is 10.6 Å². The van der Waals surface area contributed by atoms with E-state index < -0.39 is 0 Å². The first-order valence-corrected chi connectivity index (χ1v) is 4.16. The Bertz CT molecular complexity index is 315. The van der Waals surface area contributed by atoms with Crippen LogP contribution in [0.15, 0.2) is 35.8 Å². The molecule has 1 aromatic heterocycles. The van der Waals surface area contributed by atoms with E-state index in [4.69, 9.17) is 0 Å². The van der Waals surface area contributed by atoms with Gasteiger partial charge in [0.2, 0.25) is 0 Å². The summed E-state index contributed by atoms with van der Waals surface area (Å²) in [6.45, 7) is 0. The summed E-state index contributed by atoms with van der Waals surface area (Å²) in [5, 5.41) is 8.70. The first kappa shape index (κ1) is 6.49. The van der Waals surface area contributed by atoms with Gasteiger partial charge in [0.25, 0.3) is 0 Å². The largest absolute Gasteiger partial charge is 0.147 e. The third-order valence-electron chi connectivity index (χ3n) is 1.38. The number of rotatable bonds is 1. The minimum atomic E-state index is 0.977. The Labute approximate surface area is 68.5 Å². The molecule has 0 aliphatic rings. The van der Waals surface area contributed by atoms with Crippen LogP contribution in [0.2, 0.25) is 0 Å². The normalized spacial score (nSPS) is 9.82. The van der Waals surface area contributed by atoms with Crippen molar-refractivity contribution < 1.29 is 0 Å². The molecule has 0 spiro atoms. The second-order valence-corrected chi connectivity index (χ2v) is 2.94. The Morgan fingerprint density at radius 2 is 1.91 bits per heavy atom. The maximum absolute atomic E-state index is 3.96. The number of benzene rings is 1. The van der Waals surface area contributed by atoms with Gasteiger partial charge in [-0.25, -0.2) is 0 Å². The topological polar surface area (TPSA) is 25.8 Å². The molecule has 0 atom stereocenters. The van der Waals surface area contributed by atoms with E-state index in [0.717, 1.165) is 10.6 Å². The second kappa shape index (κ2) is 2.80. The Morgan fingerprint density at radius 1 is 1.09 bits per heavy atom. The van der Waals surface area contributed by atoms with Crippen molar-refractivity contribution in [1.82, 2.24) is 10.2 Å². The van der Waals surface area contributed by atoms with E-state index in [1.165, 1.54) is 0 Å². The van der Waals surface area contributed by atoms with E-state index in [-0.39, 0.29) is 0 Å².